The van der Waals surface area contributed by atoms with Gasteiger partial charge in [0.1, 0.15) is 0 Å². The van der Waals surface area contributed by atoms with E-state index in [1.807, 2.05) is 52.5 Å². The molecule has 0 heterocycles. The second-order valence-corrected chi connectivity index (χ2v) is 14.5. The van der Waals surface area contributed by atoms with E-state index < -0.39 is 0 Å². The molecule has 0 radical (unpaired) electrons. The molecule has 0 aliphatic heterocycles. The molecule has 3 saturated carbocycles. The number of hydrogen-bond acceptors (Lipinski definition) is 4. The number of urea groups is 2. The van der Waals surface area contributed by atoms with E-state index in [1.54, 1.807) is 0 Å². The molecule has 0 spiro atoms. The molecular weight excluding hydrogens is 608 g/mol. The van der Waals surface area contributed by atoms with Crippen molar-refractivity contribution in [2.75, 3.05) is 61.7 Å². The fourth-order valence-electron chi connectivity index (χ4n) is 7.81. The zero-order chi connectivity index (χ0) is 32.5. The number of hydrogen-bond donors (Lipinski definition) is 2. The maximum Gasteiger partial charge on any atom is 0.322 e. The van der Waals surface area contributed by atoms with Crippen LogP contribution >= 0.6 is 12.4 Å². The third-order valence-electron chi connectivity index (χ3n) is 10.7. The van der Waals surface area contributed by atoms with Crippen molar-refractivity contribution in [2.45, 2.75) is 102 Å². The van der Waals surface area contributed by atoms with Gasteiger partial charge in [-0.25, -0.2) is 9.59 Å². The molecule has 3 fully saturated rings. The van der Waals surface area contributed by atoms with Crippen molar-refractivity contribution >= 4 is 47.2 Å². The highest BCUT2D eigenvalue weighted by Gasteiger charge is 2.33. The number of carbonyl (C=O) groups excluding carboxylic acids is 2. The number of benzene rings is 2. The molecule has 0 unspecified atom stereocenters. The summed E-state index contributed by atoms with van der Waals surface area (Å²) in [6, 6.07) is 17.0. The first-order chi connectivity index (χ1) is 22.3. The molecule has 47 heavy (non-hydrogen) atoms. The molecule has 5 rings (SSSR count). The summed E-state index contributed by atoms with van der Waals surface area (Å²) < 4.78 is 0. The smallest absolute Gasteiger partial charge is 0.322 e. The Balaban J connectivity index is 0.00000500. The van der Waals surface area contributed by atoms with Crippen LogP contribution in [0.5, 0.6) is 0 Å². The van der Waals surface area contributed by atoms with E-state index in [0.29, 0.717) is 23.9 Å². The van der Waals surface area contributed by atoms with Crippen LogP contribution in [0.25, 0.3) is 0 Å². The van der Waals surface area contributed by atoms with Gasteiger partial charge in [0.2, 0.25) is 0 Å². The van der Waals surface area contributed by atoms with Crippen LogP contribution < -0.4 is 20.4 Å². The Hall–Kier alpha value is -3.13. The number of nitrogens with zero attached hydrogens (tertiary/aromatic N) is 4. The third kappa shape index (κ3) is 10.4. The van der Waals surface area contributed by atoms with Crippen molar-refractivity contribution in [1.29, 1.82) is 0 Å². The van der Waals surface area contributed by atoms with Gasteiger partial charge in [0.25, 0.3) is 0 Å². The molecule has 3 aliphatic rings. The zero-order valence-corrected chi connectivity index (χ0v) is 30.1. The van der Waals surface area contributed by atoms with Crippen LogP contribution in [0.3, 0.4) is 0 Å². The highest BCUT2D eigenvalue weighted by atomic mass is 35.5. The summed E-state index contributed by atoms with van der Waals surface area (Å²) in [6.45, 7) is 1.66. The molecule has 8 nitrogen and oxygen atoms in total. The molecule has 260 valence electrons. The highest BCUT2D eigenvalue weighted by Crippen LogP contribution is 2.34. The standard InChI is InChI=1S/C38H58N6O2.ClH/c1-41(2)33-23-19-31(20-24-33)39-37(45)43(35-11-7-5-8-12-35)27-29-15-17-30(18-16-29)28-44(36-13-9-6-10-14-36)38(46)40-32-21-25-34(26-22-32)42(3)4;/h19-26,29-30,35-36H,5-18,27-28H2,1-4H3,(H,39,45)(H,40,46);1H. The molecule has 0 atom stereocenters. The lowest BCUT2D eigenvalue weighted by Crippen LogP contribution is -2.48. The molecule has 2 aromatic carbocycles. The molecule has 0 bridgehead atoms. The van der Waals surface area contributed by atoms with Gasteiger partial charge in [-0.2, -0.15) is 0 Å². The van der Waals surface area contributed by atoms with Crippen LogP contribution in [-0.4, -0.2) is 75.2 Å². The zero-order valence-electron chi connectivity index (χ0n) is 29.3. The third-order valence-corrected chi connectivity index (χ3v) is 10.7. The van der Waals surface area contributed by atoms with E-state index >= 15 is 0 Å². The van der Waals surface area contributed by atoms with Crippen molar-refractivity contribution in [2.24, 2.45) is 11.8 Å². The lowest BCUT2D eigenvalue weighted by molar-refractivity contribution is 0.117. The number of carbonyl (C=O) groups is 2. The Bertz CT molecular complexity index is 1140. The minimum atomic E-state index is 0. The maximum atomic E-state index is 13.7. The predicted molar refractivity (Wildman–Crippen MR) is 199 cm³/mol. The SMILES string of the molecule is CN(C)c1ccc(NC(=O)N(CC2CCC(CN(C(=O)Nc3ccc(N(C)C)cc3)C3CCCCC3)CC2)C2CCCCC2)cc1.Cl. The Kier molecular flexibility index (Phi) is 13.9. The number of nitrogens with one attached hydrogen (secondary N) is 2. The van der Waals surface area contributed by atoms with Crippen molar-refractivity contribution in [1.82, 2.24) is 9.80 Å². The normalized spacial score (nSPS) is 20.4. The largest absolute Gasteiger partial charge is 0.378 e. The van der Waals surface area contributed by atoms with Gasteiger partial charge in [0.15, 0.2) is 0 Å². The van der Waals surface area contributed by atoms with Gasteiger partial charge in [-0.15, -0.1) is 12.4 Å². The lowest BCUT2D eigenvalue weighted by atomic mass is 9.80. The first-order valence-corrected chi connectivity index (χ1v) is 18.0. The first-order valence-electron chi connectivity index (χ1n) is 18.0. The second kappa shape index (κ2) is 17.9. The van der Waals surface area contributed by atoms with Gasteiger partial charge < -0.3 is 30.2 Å². The van der Waals surface area contributed by atoms with E-state index in [2.05, 4.69) is 54.5 Å². The lowest BCUT2D eigenvalue weighted by Gasteiger charge is -2.40. The van der Waals surface area contributed by atoms with Gasteiger partial charge in [-0.1, -0.05) is 38.5 Å². The predicted octanol–water partition coefficient (Wildman–Crippen LogP) is 9.08. The van der Waals surface area contributed by atoms with Crippen LogP contribution in [0.15, 0.2) is 48.5 Å². The quantitative estimate of drug-likeness (QED) is 0.265. The van der Waals surface area contributed by atoms with Crippen molar-refractivity contribution in [3.63, 3.8) is 0 Å². The van der Waals surface area contributed by atoms with Crippen LogP contribution in [-0.2, 0) is 0 Å². The molecule has 4 amide bonds. The molecule has 2 aromatic rings. The molecule has 0 aromatic heterocycles. The average Bonchev–Trinajstić information content (AvgIpc) is 3.08. The van der Waals surface area contributed by atoms with Crippen LogP contribution in [0.4, 0.5) is 32.3 Å². The maximum absolute atomic E-state index is 13.7. The van der Waals surface area contributed by atoms with Crippen molar-refractivity contribution in [3.05, 3.63) is 48.5 Å². The van der Waals surface area contributed by atoms with Crippen LogP contribution in [0, 0.1) is 11.8 Å². The minimum Gasteiger partial charge on any atom is -0.378 e. The average molecular weight is 667 g/mol. The highest BCUT2D eigenvalue weighted by molar-refractivity contribution is 5.90. The number of halogens is 1. The molecule has 3 aliphatic carbocycles. The van der Waals surface area contributed by atoms with E-state index in [-0.39, 0.29) is 24.5 Å². The monoisotopic (exact) mass is 666 g/mol. The van der Waals surface area contributed by atoms with Gasteiger partial charge in [-0.3, -0.25) is 0 Å². The number of anilines is 4. The first kappa shape index (κ1) is 36.7. The molecular formula is C38H59ClN6O2. The summed E-state index contributed by atoms with van der Waals surface area (Å²) in [5, 5.41) is 6.44. The van der Waals surface area contributed by atoms with Crippen LogP contribution in [0.1, 0.15) is 89.9 Å². The molecule has 0 saturated heterocycles. The Morgan fingerprint density at radius 1 is 0.532 bits per heavy atom. The summed E-state index contributed by atoms with van der Waals surface area (Å²) in [7, 11) is 8.11. The Morgan fingerprint density at radius 2 is 0.851 bits per heavy atom. The van der Waals surface area contributed by atoms with Gasteiger partial charge in [0.05, 0.1) is 0 Å². The van der Waals surface area contributed by atoms with E-state index in [9.17, 15) is 9.59 Å². The minimum absolute atomic E-state index is 0. The van der Waals surface area contributed by atoms with Crippen molar-refractivity contribution in [3.8, 4) is 0 Å². The molecule has 2 N–H and O–H groups in total. The fraction of sp³-hybridized carbons (Fsp3) is 0.632. The van der Waals surface area contributed by atoms with E-state index in [1.165, 1.54) is 38.5 Å². The van der Waals surface area contributed by atoms with Gasteiger partial charge >= 0.3 is 12.1 Å². The molecule has 9 heteroatoms. The number of amides is 4. The Morgan fingerprint density at radius 3 is 1.15 bits per heavy atom. The summed E-state index contributed by atoms with van der Waals surface area (Å²) in [6.07, 6.45) is 16.2. The van der Waals surface area contributed by atoms with E-state index in [0.717, 1.165) is 87.2 Å². The van der Waals surface area contributed by atoms with E-state index in [4.69, 9.17) is 0 Å². The summed E-state index contributed by atoms with van der Waals surface area (Å²) in [5.41, 5.74) is 3.96. The van der Waals surface area contributed by atoms with Gasteiger partial charge in [0, 0.05) is 76.1 Å². The Labute approximate surface area is 290 Å². The summed E-state index contributed by atoms with van der Waals surface area (Å²) >= 11 is 0. The summed E-state index contributed by atoms with van der Waals surface area (Å²) in [4.78, 5) is 35.9. The van der Waals surface area contributed by atoms with Gasteiger partial charge in [-0.05, 0) is 112 Å². The van der Waals surface area contributed by atoms with Crippen LogP contribution in [0.2, 0.25) is 0 Å². The van der Waals surface area contributed by atoms with Crippen molar-refractivity contribution < 1.29 is 9.59 Å². The summed E-state index contributed by atoms with van der Waals surface area (Å²) in [5.74, 6) is 1.01. The fourth-order valence-corrected chi connectivity index (χ4v) is 7.81. The second-order valence-electron chi connectivity index (χ2n) is 14.5. The number of rotatable bonds is 10. The topological polar surface area (TPSA) is 71.2 Å².